The maximum Gasteiger partial charge on any atom is 0.224 e. The third-order valence-electron chi connectivity index (χ3n) is 2.87. The van der Waals surface area contributed by atoms with Crippen molar-refractivity contribution >= 4 is 49.0 Å². The van der Waals surface area contributed by atoms with E-state index in [0.717, 1.165) is 14.8 Å². The van der Waals surface area contributed by atoms with E-state index in [2.05, 4.69) is 37.0 Å². The molecule has 2 rings (SSSR count). The Balaban J connectivity index is 2.36. The molecule has 0 aliphatic rings. The van der Waals surface area contributed by atoms with E-state index >= 15 is 0 Å². The highest BCUT2D eigenvalue weighted by molar-refractivity contribution is 9.13. The van der Waals surface area contributed by atoms with E-state index in [9.17, 15) is 4.79 Å². The van der Waals surface area contributed by atoms with E-state index in [4.69, 9.17) is 4.74 Å². The van der Waals surface area contributed by atoms with Crippen LogP contribution >= 0.6 is 43.2 Å². The third-order valence-corrected chi connectivity index (χ3v) is 6.12. The first-order valence-electron chi connectivity index (χ1n) is 6.18. The summed E-state index contributed by atoms with van der Waals surface area (Å²) in [4.78, 5) is 15.4. The predicted molar refractivity (Wildman–Crippen MR) is 90.5 cm³/mol. The van der Waals surface area contributed by atoms with Gasteiger partial charge in [0.25, 0.3) is 0 Å². The van der Waals surface area contributed by atoms with Crippen molar-refractivity contribution in [1.82, 2.24) is 14.7 Å². The van der Waals surface area contributed by atoms with Gasteiger partial charge in [0.1, 0.15) is 0 Å². The molecule has 2 aromatic heterocycles. The molecular weight excluding hydrogens is 422 g/mol. The minimum Gasteiger partial charge on any atom is -0.493 e. The van der Waals surface area contributed by atoms with E-state index in [-0.39, 0.29) is 5.78 Å². The quantitative estimate of drug-likeness (QED) is 0.652. The number of aromatic nitrogens is 2. The van der Waals surface area contributed by atoms with Crippen LogP contribution in [0, 0.1) is 0 Å². The number of methoxy groups -OCH3 is 1. The summed E-state index contributed by atoms with van der Waals surface area (Å²) >= 11 is 8.20. The summed E-state index contributed by atoms with van der Waals surface area (Å²) in [6.45, 7) is 1.42. The topological polar surface area (TPSA) is 47.4 Å². The van der Waals surface area contributed by atoms with E-state index < -0.39 is 0 Å². The van der Waals surface area contributed by atoms with Crippen molar-refractivity contribution in [3.8, 4) is 5.75 Å². The number of hydrogen-bond acceptors (Lipinski definition) is 5. The fraction of sp³-hybridized carbons (Fsp3) is 0.385. The van der Waals surface area contributed by atoms with Gasteiger partial charge in [-0.15, -0.1) is 11.3 Å². The highest BCUT2D eigenvalue weighted by atomic mass is 79.9. The van der Waals surface area contributed by atoms with Gasteiger partial charge in [-0.05, 0) is 52.0 Å². The molecule has 5 nitrogen and oxygen atoms in total. The number of carbonyl (C=O) groups excluding carboxylic acids is 1. The molecule has 21 heavy (non-hydrogen) atoms. The number of hydrogen-bond donors (Lipinski definition) is 0. The Morgan fingerprint density at radius 2 is 2.19 bits per heavy atom. The standard InChI is InChI=1S/C13H15Br2N3O2S/c1-17(2)4-5-18-11(9(20-3)7-16-18)12(19)10-6-8(14)13(15)21-10/h6-7H,4-5H2,1-3H3. The Morgan fingerprint density at radius 3 is 2.71 bits per heavy atom. The van der Waals surface area contributed by atoms with Gasteiger partial charge in [0.2, 0.25) is 5.78 Å². The molecule has 2 aromatic rings. The summed E-state index contributed by atoms with van der Waals surface area (Å²) in [5.74, 6) is 0.416. The first-order chi connectivity index (χ1) is 9.93. The molecule has 0 unspecified atom stereocenters. The highest BCUT2D eigenvalue weighted by Crippen LogP contribution is 2.34. The van der Waals surface area contributed by atoms with Crippen LogP contribution in [0.4, 0.5) is 0 Å². The normalized spacial score (nSPS) is 11.1. The van der Waals surface area contributed by atoms with Gasteiger partial charge in [0, 0.05) is 11.0 Å². The van der Waals surface area contributed by atoms with Gasteiger partial charge in [-0.1, -0.05) is 0 Å². The Bertz CT molecular complexity index is 632. The second-order valence-electron chi connectivity index (χ2n) is 4.65. The Kier molecular flexibility index (Phi) is 5.59. The maximum atomic E-state index is 12.7. The molecule has 0 radical (unpaired) electrons. The van der Waals surface area contributed by atoms with Crippen LogP contribution in [0.2, 0.25) is 0 Å². The summed E-state index contributed by atoms with van der Waals surface area (Å²) in [6, 6.07) is 1.81. The average Bonchev–Trinajstić information content (AvgIpc) is 2.99. The van der Waals surface area contributed by atoms with Crippen LogP contribution in [0.25, 0.3) is 0 Å². The molecular formula is C13H15Br2N3O2S. The van der Waals surface area contributed by atoms with Crippen molar-refractivity contribution in [2.45, 2.75) is 6.54 Å². The van der Waals surface area contributed by atoms with E-state index in [1.165, 1.54) is 11.3 Å². The second-order valence-corrected chi connectivity index (χ2v) is 7.87. The van der Waals surface area contributed by atoms with Crippen LogP contribution in [0.3, 0.4) is 0 Å². The molecule has 0 aliphatic heterocycles. The molecule has 0 aliphatic carbocycles. The molecule has 0 bridgehead atoms. The first-order valence-corrected chi connectivity index (χ1v) is 8.58. The molecule has 0 saturated carbocycles. The maximum absolute atomic E-state index is 12.7. The minimum absolute atomic E-state index is 0.0838. The Labute approximate surface area is 144 Å². The van der Waals surface area contributed by atoms with Gasteiger partial charge in [0.05, 0.1) is 28.5 Å². The second kappa shape index (κ2) is 7.04. The summed E-state index contributed by atoms with van der Waals surface area (Å²) in [5.41, 5.74) is 0.487. The van der Waals surface area contributed by atoms with Gasteiger partial charge >= 0.3 is 0 Å². The fourth-order valence-corrected chi connectivity index (χ4v) is 3.76. The van der Waals surface area contributed by atoms with Gasteiger partial charge in [-0.25, -0.2) is 0 Å². The molecule has 2 heterocycles. The van der Waals surface area contributed by atoms with Gasteiger partial charge in [-0.2, -0.15) is 5.10 Å². The molecule has 0 aromatic carbocycles. The van der Waals surface area contributed by atoms with Gasteiger partial charge < -0.3 is 9.64 Å². The third kappa shape index (κ3) is 3.74. The van der Waals surface area contributed by atoms with Crippen LogP contribution in [0.15, 0.2) is 20.5 Å². The summed E-state index contributed by atoms with van der Waals surface area (Å²) < 4.78 is 8.74. The van der Waals surface area contributed by atoms with Crippen molar-refractivity contribution < 1.29 is 9.53 Å². The lowest BCUT2D eigenvalue weighted by molar-refractivity contribution is 0.102. The first kappa shape index (κ1) is 16.7. The Morgan fingerprint density at radius 1 is 1.48 bits per heavy atom. The number of ketones is 1. The van der Waals surface area contributed by atoms with Crippen molar-refractivity contribution in [2.24, 2.45) is 0 Å². The van der Waals surface area contributed by atoms with Crippen molar-refractivity contribution in [2.75, 3.05) is 27.7 Å². The van der Waals surface area contributed by atoms with Crippen LogP contribution in [-0.2, 0) is 6.54 Å². The van der Waals surface area contributed by atoms with Crippen LogP contribution in [0.1, 0.15) is 15.4 Å². The molecule has 0 N–H and O–H groups in total. The number of thiophene rings is 1. The summed E-state index contributed by atoms with van der Waals surface area (Å²) in [5, 5.41) is 4.26. The summed E-state index contributed by atoms with van der Waals surface area (Å²) in [7, 11) is 5.51. The van der Waals surface area contributed by atoms with E-state index in [1.807, 2.05) is 19.0 Å². The van der Waals surface area contributed by atoms with Crippen LogP contribution < -0.4 is 4.74 Å². The largest absolute Gasteiger partial charge is 0.493 e. The SMILES string of the molecule is COc1cnn(CCN(C)C)c1C(=O)c1cc(Br)c(Br)s1. The lowest BCUT2D eigenvalue weighted by Gasteiger charge is -2.11. The number of nitrogens with zero attached hydrogens (tertiary/aromatic N) is 3. The fourth-order valence-electron chi connectivity index (χ4n) is 1.79. The van der Waals surface area contributed by atoms with Gasteiger partial charge in [-0.3, -0.25) is 9.48 Å². The van der Waals surface area contributed by atoms with Crippen LogP contribution in [0.5, 0.6) is 5.75 Å². The Hall–Kier alpha value is -0.700. The number of halogens is 2. The van der Waals surface area contributed by atoms with E-state index in [0.29, 0.717) is 22.9 Å². The number of ether oxygens (including phenoxy) is 1. The lowest BCUT2D eigenvalue weighted by Crippen LogP contribution is -2.21. The highest BCUT2D eigenvalue weighted by Gasteiger charge is 2.23. The molecule has 0 atom stereocenters. The van der Waals surface area contributed by atoms with Crippen LogP contribution in [-0.4, -0.2) is 48.2 Å². The molecule has 0 spiro atoms. The lowest BCUT2D eigenvalue weighted by atomic mass is 10.2. The van der Waals surface area contributed by atoms with Crippen molar-refractivity contribution in [3.63, 3.8) is 0 Å². The van der Waals surface area contributed by atoms with E-state index in [1.54, 1.807) is 24.1 Å². The molecule has 8 heteroatoms. The monoisotopic (exact) mass is 435 g/mol. The molecule has 0 saturated heterocycles. The number of carbonyl (C=O) groups is 1. The van der Waals surface area contributed by atoms with Crippen molar-refractivity contribution in [1.29, 1.82) is 0 Å². The minimum atomic E-state index is -0.0838. The molecule has 0 fully saturated rings. The number of rotatable bonds is 6. The van der Waals surface area contributed by atoms with Gasteiger partial charge in [0.15, 0.2) is 11.4 Å². The zero-order chi connectivity index (χ0) is 15.6. The summed E-state index contributed by atoms with van der Waals surface area (Å²) in [6.07, 6.45) is 1.58. The number of likely N-dealkylation sites (N-methyl/N-ethyl adjacent to an activating group) is 1. The zero-order valence-corrected chi connectivity index (χ0v) is 15.9. The smallest absolute Gasteiger partial charge is 0.224 e. The molecule has 0 amide bonds. The average molecular weight is 437 g/mol. The van der Waals surface area contributed by atoms with Crippen molar-refractivity contribution in [3.05, 3.63) is 31.1 Å². The predicted octanol–water partition coefficient (Wildman–Crippen LogP) is 3.27. The molecule has 114 valence electrons. The zero-order valence-electron chi connectivity index (χ0n) is 11.9.